The van der Waals surface area contributed by atoms with Crippen LogP contribution in [0.5, 0.6) is 5.75 Å². The molecule has 7 nitrogen and oxygen atoms in total. The number of carbonyl (C=O) groups is 2. The summed E-state index contributed by atoms with van der Waals surface area (Å²) in [5, 5.41) is 0. The number of benzene rings is 1. The van der Waals surface area contributed by atoms with E-state index in [4.69, 9.17) is 9.47 Å². The van der Waals surface area contributed by atoms with E-state index in [0.717, 1.165) is 12.1 Å². The lowest BCUT2D eigenvalue weighted by atomic mass is 10.1. The molecule has 7 heteroatoms. The van der Waals surface area contributed by atoms with Gasteiger partial charge in [0.05, 0.1) is 18.7 Å². The maximum absolute atomic E-state index is 12.3. The van der Waals surface area contributed by atoms with Crippen molar-refractivity contribution in [2.24, 2.45) is 0 Å². The first-order valence-corrected chi connectivity index (χ1v) is 9.88. The number of aryl methyl sites for hydroxylation is 1. The van der Waals surface area contributed by atoms with E-state index in [-0.39, 0.29) is 30.8 Å². The minimum absolute atomic E-state index is 0.0427. The molecule has 1 aromatic carbocycles. The van der Waals surface area contributed by atoms with E-state index in [0.29, 0.717) is 29.3 Å². The number of hydrogen-bond donors (Lipinski definition) is 0. The Bertz CT molecular complexity index is 1100. The van der Waals surface area contributed by atoms with Crippen LogP contribution in [-0.4, -0.2) is 27.7 Å². The van der Waals surface area contributed by atoms with Crippen molar-refractivity contribution in [3.05, 3.63) is 75.8 Å². The summed E-state index contributed by atoms with van der Waals surface area (Å²) < 4.78 is 12.2. The molecule has 0 aliphatic rings. The number of esters is 1. The fraction of sp³-hybridized carbons (Fsp3) is 0.304. The van der Waals surface area contributed by atoms with Crippen molar-refractivity contribution in [2.75, 3.05) is 6.61 Å². The molecule has 0 aliphatic heterocycles. The van der Waals surface area contributed by atoms with Gasteiger partial charge in [0.25, 0.3) is 5.56 Å². The van der Waals surface area contributed by atoms with Gasteiger partial charge >= 0.3 is 5.97 Å². The number of Topliss-reactive ketones (excluding diaryl/α,β-unsaturated/α-hetero) is 1. The number of ether oxygens (including phenoxy) is 2. The van der Waals surface area contributed by atoms with Crippen molar-refractivity contribution in [3.63, 3.8) is 0 Å². The van der Waals surface area contributed by atoms with Crippen LogP contribution in [0.3, 0.4) is 0 Å². The van der Waals surface area contributed by atoms with E-state index in [2.05, 4.69) is 4.98 Å². The van der Waals surface area contributed by atoms with Gasteiger partial charge in [-0.15, -0.1) is 0 Å². The maximum atomic E-state index is 12.3. The van der Waals surface area contributed by atoms with Gasteiger partial charge in [0.15, 0.2) is 5.78 Å². The van der Waals surface area contributed by atoms with Gasteiger partial charge in [-0.05, 0) is 49.7 Å². The smallest absolute Gasteiger partial charge is 0.306 e. The molecule has 0 atom stereocenters. The minimum Gasteiger partial charge on any atom is -0.494 e. The molecule has 3 aromatic rings. The van der Waals surface area contributed by atoms with Crippen molar-refractivity contribution in [1.82, 2.24) is 9.38 Å². The number of ketones is 1. The van der Waals surface area contributed by atoms with Crippen molar-refractivity contribution in [1.29, 1.82) is 0 Å². The predicted octanol–water partition coefficient (Wildman–Crippen LogP) is 3.50. The fourth-order valence-corrected chi connectivity index (χ4v) is 2.98. The summed E-state index contributed by atoms with van der Waals surface area (Å²) in [7, 11) is 0. The van der Waals surface area contributed by atoms with E-state index >= 15 is 0 Å². The van der Waals surface area contributed by atoms with Gasteiger partial charge in [-0.25, -0.2) is 4.98 Å². The lowest BCUT2D eigenvalue weighted by Crippen LogP contribution is -2.18. The Labute approximate surface area is 174 Å². The molecule has 30 heavy (non-hydrogen) atoms. The first-order valence-electron chi connectivity index (χ1n) is 9.88. The monoisotopic (exact) mass is 408 g/mol. The highest BCUT2D eigenvalue weighted by Gasteiger charge is 2.12. The minimum atomic E-state index is -0.516. The Hall–Kier alpha value is -3.48. The maximum Gasteiger partial charge on any atom is 0.306 e. The molecule has 0 aliphatic carbocycles. The van der Waals surface area contributed by atoms with E-state index in [9.17, 15) is 14.4 Å². The molecule has 0 saturated carbocycles. The molecule has 0 fully saturated rings. The van der Waals surface area contributed by atoms with Gasteiger partial charge in [-0.1, -0.05) is 13.0 Å². The third kappa shape index (κ3) is 5.31. The van der Waals surface area contributed by atoms with Gasteiger partial charge in [-0.3, -0.25) is 18.8 Å². The Morgan fingerprint density at radius 3 is 2.57 bits per heavy atom. The molecule has 3 rings (SSSR count). The molecule has 2 heterocycles. The van der Waals surface area contributed by atoms with E-state index in [1.54, 1.807) is 36.4 Å². The Kier molecular flexibility index (Phi) is 6.95. The number of hydrogen-bond acceptors (Lipinski definition) is 6. The summed E-state index contributed by atoms with van der Waals surface area (Å²) in [4.78, 5) is 40.9. The van der Waals surface area contributed by atoms with Crippen LogP contribution < -0.4 is 10.3 Å². The summed E-state index contributed by atoms with van der Waals surface area (Å²) in [5.74, 6) is 0.0471. The van der Waals surface area contributed by atoms with Crippen molar-refractivity contribution < 1.29 is 19.1 Å². The van der Waals surface area contributed by atoms with Crippen LogP contribution in [0.15, 0.2) is 53.3 Å². The van der Waals surface area contributed by atoms with E-state index in [1.807, 2.05) is 19.9 Å². The second-order valence-corrected chi connectivity index (χ2v) is 6.90. The standard InChI is InChI=1S/C23H24N2O5/c1-3-13-29-19-9-7-17(8-10-19)20(26)11-12-23(28)30-15-18-14-22(27)25-16(2)5-4-6-21(25)24-18/h4-10,14H,3,11-13,15H2,1-2H3. The zero-order valence-electron chi connectivity index (χ0n) is 17.1. The van der Waals surface area contributed by atoms with E-state index in [1.165, 1.54) is 10.5 Å². The van der Waals surface area contributed by atoms with Crippen molar-refractivity contribution in [3.8, 4) is 5.75 Å². The molecule has 156 valence electrons. The molecule has 0 bridgehead atoms. The Morgan fingerprint density at radius 2 is 1.83 bits per heavy atom. The first-order chi connectivity index (χ1) is 14.5. The molecule has 0 unspecified atom stereocenters. The number of aromatic nitrogens is 2. The summed E-state index contributed by atoms with van der Waals surface area (Å²) in [6.07, 6.45) is 0.908. The lowest BCUT2D eigenvalue weighted by molar-refractivity contribution is -0.145. The average molecular weight is 408 g/mol. The zero-order valence-corrected chi connectivity index (χ0v) is 17.1. The number of nitrogens with zero attached hydrogens (tertiary/aromatic N) is 2. The molecule has 0 amide bonds. The third-order valence-electron chi connectivity index (χ3n) is 4.52. The van der Waals surface area contributed by atoms with Crippen LogP contribution in [0.2, 0.25) is 0 Å². The van der Waals surface area contributed by atoms with Gasteiger partial charge in [0.1, 0.15) is 18.0 Å². The SMILES string of the molecule is CCCOc1ccc(C(=O)CCC(=O)OCc2cc(=O)n3c(C)cccc3n2)cc1. The van der Waals surface area contributed by atoms with Gasteiger partial charge in [0.2, 0.25) is 0 Å². The van der Waals surface area contributed by atoms with Gasteiger partial charge < -0.3 is 9.47 Å². The van der Waals surface area contributed by atoms with Gasteiger partial charge in [0, 0.05) is 23.7 Å². The summed E-state index contributed by atoms with van der Waals surface area (Å²) >= 11 is 0. The molecule has 0 saturated heterocycles. The zero-order chi connectivity index (χ0) is 21.5. The number of pyridine rings is 1. The van der Waals surface area contributed by atoms with Crippen LogP contribution in [0.25, 0.3) is 5.65 Å². The largest absolute Gasteiger partial charge is 0.494 e. The quantitative estimate of drug-likeness (QED) is 0.398. The highest BCUT2D eigenvalue weighted by atomic mass is 16.5. The molecule has 0 N–H and O–H groups in total. The molecule has 0 radical (unpaired) electrons. The lowest BCUT2D eigenvalue weighted by Gasteiger charge is -2.08. The molecule has 2 aromatic heterocycles. The van der Waals surface area contributed by atoms with Crippen LogP contribution in [0.1, 0.15) is 47.9 Å². The number of rotatable bonds is 9. The Balaban J connectivity index is 1.52. The van der Waals surface area contributed by atoms with Crippen molar-refractivity contribution >= 4 is 17.4 Å². The van der Waals surface area contributed by atoms with Crippen LogP contribution in [0, 0.1) is 6.92 Å². The summed E-state index contributed by atoms with van der Waals surface area (Å²) in [6.45, 7) is 4.35. The number of carbonyl (C=O) groups excluding carboxylic acids is 2. The highest BCUT2D eigenvalue weighted by molar-refractivity contribution is 5.97. The molecular weight excluding hydrogens is 384 g/mol. The molecule has 0 spiro atoms. The number of fused-ring (bicyclic) bond motifs is 1. The topological polar surface area (TPSA) is 87.0 Å². The first kappa shape index (κ1) is 21.2. The van der Waals surface area contributed by atoms with E-state index < -0.39 is 5.97 Å². The second-order valence-electron chi connectivity index (χ2n) is 6.90. The highest BCUT2D eigenvalue weighted by Crippen LogP contribution is 2.14. The van der Waals surface area contributed by atoms with Crippen LogP contribution >= 0.6 is 0 Å². The summed E-state index contributed by atoms with van der Waals surface area (Å²) in [5.41, 5.74) is 1.93. The fourth-order valence-electron chi connectivity index (χ4n) is 2.98. The average Bonchev–Trinajstić information content (AvgIpc) is 2.74. The second kappa shape index (κ2) is 9.82. The van der Waals surface area contributed by atoms with Crippen molar-refractivity contribution in [2.45, 2.75) is 39.7 Å². The van der Waals surface area contributed by atoms with Crippen LogP contribution in [-0.2, 0) is 16.1 Å². The van der Waals surface area contributed by atoms with Gasteiger partial charge in [-0.2, -0.15) is 0 Å². The Morgan fingerprint density at radius 1 is 1.07 bits per heavy atom. The molecular formula is C23H24N2O5. The third-order valence-corrected chi connectivity index (χ3v) is 4.52. The predicted molar refractivity (Wildman–Crippen MR) is 112 cm³/mol. The van der Waals surface area contributed by atoms with Crippen LogP contribution in [0.4, 0.5) is 0 Å². The summed E-state index contributed by atoms with van der Waals surface area (Å²) in [6, 6.07) is 13.6. The normalized spacial score (nSPS) is 10.7.